The second kappa shape index (κ2) is 22.0. The van der Waals surface area contributed by atoms with E-state index in [-0.39, 0.29) is 60.6 Å². The zero-order valence-corrected chi connectivity index (χ0v) is 35.2. The SMILES string of the molecule is CCCN(C(=O)[C@@H](CC(=O)[C@H]1CCCCN1C)[C@@H](C)CC)[C@H](C[C@@H](OC(=O)NC)c1nc(C(=O)N[C@@H](Cc2ccc(C)cc2)C[C@H](C)C(=O)O)cs1)C(C)C. The molecule has 1 fully saturated rings. The molecule has 1 aliphatic heterocycles. The topological polar surface area (TPSA) is 158 Å². The number of hydrogen-bond donors (Lipinski definition) is 3. The fourth-order valence-electron chi connectivity index (χ4n) is 7.44. The minimum absolute atomic E-state index is 0.0104. The van der Waals surface area contributed by atoms with E-state index in [4.69, 9.17) is 4.74 Å². The Morgan fingerprint density at radius 2 is 1.75 bits per heavy atom. The van der Waals surface area contributed by atoms with E-state index in [1.54, 1.807) is 12.3 Å². The number of nitrogens with one attached hydrogen (secondary N) is 2. The zero-order valence-electron chi connectivity index (χ0n) is 34.4. The molecule has 13 heteroatoms. The highest BCUT2D eigenvalue weighted by Crippen LogP contribution is 2.33. The van der Waals surface area contributed by atoms with Crippen molar-refractivity contribution in [1.82, 2.24) is 25.4 Å². The van der Waals surface area contributed by atoms with Gasteiger partial charge in [-0.15, -0.1) is 11.3 Å². The van der Waals surface area contributed by atoms with Gasteiger partial charge in [-0.25, -0.2) is 9.78 Å². The summed E-state index contributed by atoms with van der Waals surface area (Å²) < 4.78 is 5.90. The van der Waals surface area contributed by atoms with Gasteiger partial charge in [-0.2, -0.15) is 0 Å². The van der Waals surface area contributed by atoms with Crippen LogP contribution in [0.25, 0.3) is 0 Å². The van der Waals surface area contributed by atoms with Crippen molar-refractivity contribution in [2.75, 3.05) is 27.2 Å². The lowest BCUT2D eigenvalue weighted by Crippen LogP contribution is -2.50. The average Bonchev–Trinajstić information content (AvgIpc) is 3.65. The molecular weight excluding hydrogens is 719 g/mol. The van der Waals surface area contributed by atoms with Crippen molar-refractivity contribution in [2.24, 2.45) is 23.7 Å². The molecule has 0 spiro atoms. The molecule has 1 aliphatic rings. The summed E-state index contributed by atoms with van der Waals surface area (Å²) in [5, 5.41) is 17.2. The highest BCUT2D eigenvalue weighted by molar-refractivity contribution is 7.09. The number of ketones is 1. The smallest absolute Gasteiger partial charge is 0.407 e. The second-order valence-electron chi connectivity index (χ2n) is 15.8. The number of amides is 3. The van der Waals surface area contributed by atoms with Gasteiger partial charge in [0.2, 0.25) is 5.91 Å². The molecule has 3 amide bonds. The predicted octanol–water partition coefficient (Wildman–Crippen LogP) is 7.06. The van der Waals surface area contributed by atoms with Crippen LogP contribution in [0.3, 0.4) is 0 Å². The number of piperidine rings is 1. The van der Waals surface area contributed by atoms with Crippen molar-refractivity contribution < 1.29 is 33.8 Å². The normalized spacial score (nSPS) is 18.0. The molecule has 1 aromatic carbocycles. The van der Waals surface area contributed by atoms with Gasteiger partial charge < -0.3 is 25.4 Å². The first-order valence-electron chi connectivity index (χ1n) is 20.1. The maximum absolute atomic E-state index is 14.7. The number of aliphatic carboxylic acids is 1. The first-order chi connectivity index (χ1) is 26.1. The van der Waals surface area contributed by atoms with Crippen molar-refractivity contribution in [3.63, 3.8) is 0 Å². The molecule has 0 radical (unpaired) electrons. The van der Waals surface area contributed by atoms with Crippen molar-refractivity contribution in [2.45, 2.75) is 130 Å². The van der Waals surface area contributed by atoms with Crippen LogP contribution in [0, 0.1) is 30.6 Å². The number of hydrogen-bond acceptors (Lipinski definition) is 9. The Hall–Kier alpha value is -3.84. The summed E-state index contributed by atoms with van der Waals surface area (Å²) in [6.07, 6.45) is 3.90. The van der Waals surface area contributed by atoms with E-state index in [0.29, 0.717) is 24.4 Å². The largest absolute Gasteiger partial charge is 0.481 e. The Bertz CT molecular complexity index is 1560. The minimum atomic E-state index is -0.942. The lowest BCUT2D eigenvalue weighted by atomic mass is 9.82. The summed E-state index contributed by atoms with van der Waals surface area (Å²) in [6.45, 7) is 15.1. The van der Waals surface area contributed by atoms with E-state index in [0.717, 1.165) is 43.4 Å². The van der Waals surface area contributed by atoms with Crippen LogP contribution in [-0.2, 0) is 25.5 Å². The quantitative estimate of drug-likeness (QED) is 0.121. The Labute approximate surface area is 332 Å². The maximum atomic E-state index is 14.7. The Morgan fingerprint density at radius 3 is 2.33 bits per heavy atom. The highest BCUT2D eigenvalue weighted by atomic mass is 32.1. The number of carboxylic acid groups (broad SMARTS) is 1. The van der Waals surface area contributed by atoms with E-state index in [2.05, 4.69) is 20.5 Å². The Balaban J connectivity index is 1.90. The minimum Gasteiger partial charge on any atom is -0.481 e. The molecule has 2 heterocycles. The predicted molar refractivity (Wildman–Crippen MR) is 216 cm³/mol. The van der Waals surface area contributed by atoms with Crippen LogP contribution in [0.5, 0.6) is 0 Å². The summed E-state index contributed by atoms with van der Waals surface area (Å²) in [4.78, 5) is 75.2. The number of nitrogens with zero attached hydrogens (tertiary/aromatic N) is 3. The van der Waals surface area contributed by atoms with Crippen LogP contribution in [0.1, 0.15) is 126 Å². The third-order valence-electron chi connectivity index (χ3n) is 11.1. The van der Waals surface area contributed by atoms with E-state index in [1.165, 1.54) is 18.4 Å². The molecule has 0 saturated carbocycles. The van der Waals surface area contributed by atoms with Gasteiger partial charge in [-0.3, -0.25) is 24.1 Å². The van der Waals surface area contributed by atoms with Gasteiger partial charge >= 0.3 is 12.1 Å². The summed E-state index contributed by atoms with van der Waals surface area (Å²) in [6, 6.07) is 6.90. The van der Waals surface area contributed by atoms with Gasteiger partial charge in [-0.1, -0.05) is 84.2 Å². The molecule has 2 aromatic rings. The number of Topliss-reactive ketones (excluding diaryl/α,β-unsaturated/α-hetero) is 1. The molecule has 1 saturated heterocycles. The molecule has 306 valence electrons. The molecule has 12 nitrogen and oxygen atoms in total. The van der Waals surface area contributed by atoms with Crippen molar-refractivity contribution >= 4 is 41.0 Å². The van der Waals surface area contributed by atoms with Crippen LogP contribution in [0.4, 0.5) is 4.79 Å². The number of likely N-dealkylation sites (N-methyl/N-ethyl adjacent to an activating group) is 1. The van der Waals surface area contributed by atoms with Gasteiger partial charge in [-0.05, 0) is 70.0 Å². The van der Waals surface area contributed by atoms with Crippen LogP contribution < -0.4 is 10.6 Å². The average molecular weight is 784 g/mol. The molecule has 0 aliphatic carbocycles. The van der Waals surface area contributed by atoms with Crippen LogP contribution in [-0.4, -0.2) is 94.9 Å². The first-order valence-corrected chi connectivity index (χ1v) is 20.9. The standard InChI is InChI=1S/C42H65N5O7S/c1-10-19-47(40(50)32(28(6)11-2)23-36(48)34-14-12-13-20-46(34)9)35(26(3)4)24-37(54-42(53)43-8)39-45-33(25-55-39)38(49)44-31(21-29(7)41(51)52)22-30-17-15-27(5)16-18-30/h15-18,25-26,28-29,31-32,34-35,37H,10-14,19-24H2,1-9H3,(H,43,53)(H,44,49)(H,51,52)/t28-,29-,31+,32-,34+,35+,37+/m0/s1. The first kappa shape index (κ1) is 45.5. The zero-order chi connectivity index (χ0) is 40.8. The fraction of sp³-hybridized carbons (Fsp3) is 0.667. The number of aromatic nitrogens is 1. The summed E-state index contributed by atoms with van der Waals surface area (Å²) in [5.41, 5.74) is 2.20. The Morgan fingerprint density at radius 1 is 1.05 bits per heavy atom. The summed E-state index contributed by atoms with van der Waals surface area (Å²) in [7, 11) is 3.46. The van der Waals surface area contributed by atoms with Gasteiger partial charge in [0.15, 0.2) is 11.9 Å². The van der Waals surface area contributed by atoms with Crippen molar-refractivity contribution in [1.29, 1.82) is 0 Å². The number of aryl methyl sites for hydroxylation is 1. The third kappa shape index (κ3) is 13.4. The van der Waals surface area contributed by atoms with Crippen LogP contribution >= 0.6 is 11.3 Å². The Kier molecular flexibility index (Phi) is 18.3. The highest BCUT2D eigenvalue weighted by Gasteiger charge is 2.39. The number of alkyl carbamates (subject to hydrolysis) is 1. The lowest BCUT2D eigenvalue weighted by molar-refractivity contribution is -0.144. The van der Waals surface area contributed by atoms with E-state index in [1.807, 2.05) is 77.8 Å². The summed E-state index contributed by atoms with van der Waals surface area (Å²) in [5.74, 6) is -2.55. The van der Waals surface area contributed by atoms with Crippen LogP contribution in [0.15, 0.2) is 29.6 Å². The van der Waals surface area contributed by atoms with Crippen LogP contribution in [0.2, 0.25) is 0 Å². The molecule has 0 unspecified atom stereocenters. The summed E-state index contributed by atoms with van der Waals surface area (Å²) >= 11 is 1.19. The number of ether oxygens (including phenoxy) is 1. The lowest BCUT2D eigenvalue weighted by Gasteiger charge is -2.39. The van der Waals surface area contributed by atoms with E-state index in [9.17, 15) is 29.1 Å². The van der Waals surface area contributed by atoms with Crippen molar-refractivity contribution in [3.8, 4) is 0 Å². The van der Waals surface area contributed by atoms with Gasteiger partial charge in [0.1, 0.15) is 10.7 Å². The van der Waals surface area contributed by atoms with E-state index >= 15 is 0 Å². The fourth-order valence-corrected chi connectivity index (χ4v) is 8.28. The maximum Gasteiger partial charge on any atom is 0.407 e. The number of carboxylic acids is 1. The molecule has 3 N–H and O–H groups in total. The second-order valence-corrected chi connectivity index (χ2v) is 16.7. The number of thiazole rings is 1. The molecular formula is C42H65N5O7S. The molecule has 1 aromatic heterocycles. The number of benzene rings is 1. The number of rotatable bonds is 21. The van der Waals surface area contributed by atoms with E-state index < -0.39 is 42.0 Å². The number of likely N-dealkylation sites (tertiary alicyclic amines) is 1. The van der Waals surface area contributed by atoms with Gasteiger partial charge in [0.05, 0.1) is 12.0 Å². The molecule has 55 heavy (non-hydrogen) atoms. The third-order valence-corrected chi connectivity index (χ3v) is 12.0. The van der Waals surface area contributed by atoms with Gasteiger partial charge in [0, 0.05) is 49.8 Å². The molecule has 0 bridgehead atoms. The molecule has 7 atom stereocenters. The molecule has 3 rings (SSSR count). The monoisotopic (exact) mass is 783 g/mol. The number of carbonyl (C=O) groups is 5. The number of carbonyl (C=O) groups excluding carboxylic acids is 4. The van der Waals surface area contributed by atoms with Crippen molar-refractivity contribution in [3.05, 3.63) is 51.5 Å². The van der Waals surface area contributed by atoms with Gasteiger partial charge in [0.25, 0.3) is 5.91 Å².